The lowest BCUT2D eigenvalue weighted by atomic mass is 9.85. The van der Waals surface area contributed by atoms with Crippen molar-refractivity contribution in [3.63, 3.8) is 0 Å². The van der Waals surface area contributed by atoms with E-state index in [0.717, 1.165) is 24.9 Å². The first-order valence-corrected chi connectivity index (χ1v) is 11.9. The standard InChI is InChI=1S/C19H22O2.C9H20N2O.ClH/c1-14(2)13-16-9-11-17(12-10-16)15(3)19(20)21-18-7-5-4-6-8-18;1-6-9(3,10-12)8(2)7-11(4)5;/h4-12,14-15H,13H2,1-3H3;8H,6-7H2,1-5H3;1H. The maximum absolute atomic E-state index is 12.2. The van der Waals surface area contributed by atoms with Gasteiger partial charge in [0.2, 0.25) is 0 Å². The molecule has 0 aliphatic carbocycles. The highest BCUT2D eigenvalue weighted by atomic mass is 35.5. The van der Waals surface area contributed by atoms with Gasteiger partial charge in [0.15, 0.2) is 0 Å². The van der Waals surface area contributed by atoms with Crippen molar-refractivity contribution in [2.75, 3.05) is 20.6 Å². The van der Waals surface area contributed by atoms with Crippen molar-refractivity contribution in [1.29, 1.82) is 0 Å². The molecule has 0 aliphatic rings. The van der Waals surface area contributed by atoms with Gasteiger partial charge in [-0.05, 0) is 75.9 Å². The summed E-state index contributed by atoms with van der Waals surface area (Å²) in [5.41, 5.74) is 1.89. The van der Waals surface area contributed by atoms with Crippen LogP contribution in [0, 0.1) is 16.7 Å². The Bertz CT molecular complexity index is 840. The lowest BCUT2D eigenvalue weighted by Crippen LogP contribution is -2.36. The highest BCUT2D eigenvalue weighted by Gasteiger charge is 2.30. The van der Waals surface area contributed by atoms with Gasteiger partial charge in [-0.15, -0.1) is 12.4 Å². The van der Waals surface area contributed by atoms with Crippen molar-refractivity contribution in [3.8, 4) is 5.75 Å². The second kappa shape index (κ2) is 15.6. The van der Waals surface area contributed by atoms with Crippen LogP contribution in [0.2, 0.25) is 0 Å². The van der Waals surface area contributed by atoms with Gasteiger partial charge in [0.25, 0.3) is 0 Å². The molecule has 0 aromatic heterocycles. The minimum atomic E-state index is -0.399. The Balaban J connectivity index is 0.000000723. The fourth-order valence-corrected chi connectivity index (χ4v) is 3.49. The molecule has 0 aliphatic heterocycles. The lowest BCUT2D eigenvalue weighted by Gasteiger charge is -2.29. The highest BCUT2D eigenvalue weighted by molar-refractivity contribution is 5.85. The molecule has 0 saturated carbocycles. The zero-order valence-electron chi connectivity index (χ0n) is 22.1. The van der Waals surface area contributed by atoms with E-state index < -0.39 is 5.54 Å². The summed E-state index contributed by atoms with van der Waals surface area (Å²) in [4.78, 5) is 24.9. The average molecular weight is 491 g/mol. The van der Waals surface area contributed by atoms with Gasteiger partial charge in [-0.1, -0.05) is 75.3 Å². The second-order valence-electron chi connectivity index (χ2n) is 9.76. The van der Waals surface area contributed by atoms with Gasteiger partial charge in [-0.3, -0.25) is 4.79 Å². The Morgan fingerprint density at radius 1 is 1.00 bits per heavy atom. The van der Waals surface area contributed by atoms with Crippen LogP contribution in [-0.2, 0) is 11.2 Å². The van der Waals surface area contributed by atoms with Gasteiger partial charge >= 0.3 is 5.97 Å². The first-order chi connectivity index (χ1) is 15.5. The van der Waals surface area contributed by atoms with Crippen LogP contribution in [0.1, 0.15) is 65.0 Å². The number of hydrogen-bond acceptors (Lipinski definition) is 5. The number of nitrogens with zero attached hydrogens (tertiary/aromatic N) is 2. The predicted octanol–water partition coefficient (Wildman–Crippen LogP) is 7.14. The van der Waals surface area contributed by atoms with E-state index in [-0.39, 0.29) is 24.3 Å². The molecule has 34 heavy (non-hydrogen) atoms. The van der Waals surface area contributed by atoms with Crippen LogP contribution in [0.5, 0.6) is 5.75 Å². The molecule has 0 heterocycles. The Labute approximate surface area is 212 Å². The van der Waals surface area contributed by atoms with Crippen molar-refractivity contribution in [2.45, 2.75) is 65.8 Å². The van der Waals surface area contributed by atoms with Gasteiger partial charge in [0.1, 0.15) is 11.3 Å². The van der Waals surface area contributed by atoms with Gasteiger partial charge in [0.05, 0.1) is 5.92 Å². The number of carbonyl (C=O) groups excluding carboxylic acids is 1. The van der Waals surface area contributed by atoms with E-state index in [4.69, 9.17) is 4.74 Å². The van der Waals surface area contributed by atoms with Crippen LogP contribution in [-0.4, -0.2) is 37.0 Å². The van der Waals surface area contributed by atoms with Crippen LogP contribution >= 0.6 is 12.4 Å². The number of rotatable bonds is 10. The minimum absolute atomic E-state index is 0. The molecule has 3 atom stereocenters. The minimum Gasteiger partial charge on any atom is -0.426 e. The van der Waals surface area contributed by atoms with Crippen molar-refractivity contribution in [1.82, 2.24) is 4.90 Å². The van der Waals surface area contributed by atoms with E-state index in [2.05, 4.69) is 43.0 Å². The van der Waals surface area contributed by atoms with E-state index in [9.17, 15) is 9.70 Å². The molecule has 5 nitrogen and oxygen atoms in total. The average Bonchev–Trinajstić information content (AvgIpc) is 2.78. The molecule has 0 spiro atoms. The SMILES string of the molecule is CC(C)Cc1ccc(C(C)C(=O)Oc2ccccc2)cc1.CCC(C)(N=O)C(C)CN(C)C.Cl. The molecule has 0 bridgehead atoms. The van der Waals surface area contributed by atoms with Gasteiger partial charge in [0, 0.05) is 6.54 Å². The summed E-state index contributed by atoms with van der Waals surface area (Å²) in [7, 11) is 4.02. The third kappa shape index (κ3) is 10.8. The van der Waals surface area contributed by atoms with Crippen molar-refractivity contribution >= 4 is 18.4 Å². The zero-order chi connectivity index (χ0) is 25.0. The molecule has 0 amide bonds. The topological polar surface area (TPSA) is 59.0 Å². The fraction of sp³-hybridized carbons (Fsp3) is 0.536. The summed E-state index contributed by atoms with van der Waals surface area (Å²) < 4.78 is 5.39. The molecule has 190 valence electrons. The number of para-hydroxylation sites is 1. The summed E-state index contributed by atoms with van der Waals surface area (Å²) >= 11 is 0. The van der Waals surface area contributed by atoms with E-state index in [0.29, 0.717) is 17.6 Å². The van der Waals surface area contributed by atoms with Crippen LogP contribution in [0.25, 0.3) is 0 Å². The van der Waals surface area contributed by atoms with E-state index in [1.807, 2.05) is 65.2 Å². The van der Waals surface area contributed by atoms with Gasteiger partial charge in [-0.2, -0.15) is 4.91 Å². The van der Waals surface area contributed by atoms with Crippen LogP contribution in [0.15, 0.2) is 59.8 Å². The molecular formula is C28H43ClN2O3. The summed E-state index contributed by atoms with van der Waals surface area (Å²) in [6, 6.07) is 17.4. The number of hydrogen-bond donors (Lipinski definition) is 0. The summed E-state index contributed by atoms with van der Waals surface area (Å²) in [5.74, 6) is 1.05. The van der Waals surface area contributed by atoms with E-state index >= 15 is 0 Å². The summed E-state index contributed by atoms with van der Waals surface area (Å²) in [5, 5.41) is 3.21. The van der Waals surface area contributed by atoms with E-state index in [1.165, 1.54) is 5.56 Å². The molecule has 2 aromatic rings. The molecule has 0 fully saturated rings. The smallest absolute Gasteiger partial charge is 0.318 e. The number of carbonyl (C=O) groups is 1. The number of halogens is 1. The van der Waals surface area contributed by atoms with Crippen molar-refractivity contribution < 1.29 is 9.53 Å². The Morgan fingerprint density at radius 2 is 1.56 bits per heavy atom. The van der Waals surface area contributed by atoms with Crippen LogP contribution < -0.4 is 4.74 Å². The van der Waals surface area contributed by atoms with Crippen LogP contribution in [0.3, 0.4) is 0 Å². The number of benzene rings is 2. The normalized spacial score (nSPS) is 14.2. The summed E-state index contributed by atoms with van der Waals surface area (Å²) in [6.45, 7) is 13.2. The number of nitroso groups, excluding NO2 is 1. The van der Waals surface area contributed by atoms with Gasteiger partial charge in [-0.25, -0.2) is 0 Å². The lowest BCUT2D eigenvalue weighted by molar-refractivity contribution is -0.135. The molecule has 0 N–H and O–H groups in total. The monoisotopic (exact) mass is 490 g/mol. The molecule has 2 aromatic carbocycles. The molecule has 2 rings (SSSR count). The second-order valence-corrected chi connectivity index (χ2v) is 9.76. The van der Waals surface area contributed by atoms with E-state index in [1.54, 1.807) is 12.1 Å². The van der Waals surface area contributed by atoms with Gasteiger partial charge < -0.3 is 9.64 Å². The third-order valence-electron chi connectivity index (χ3n) is 6.06. The Kier molecular flexibility index (Phi) is 14.6. The molecule has 0 radical (unpaired) electrons. The molecular weight excluding hydrogens is 448 g/mol. The summed E-state index contributed by atoms with van der Waals surface area (Å²) in [6.07, 6.45) is 1.87. The van der Waals surface area contributed by atoms with Crippen molar-refractivity contribution in [2.24, 2.45) is 17.0 Å². The maximum atomic E-state index is 12.2. The molecule has 0 saturated heterocycles. The molecule has 6 heteroatoms. The number of ether oxygens (including phenoxy) is 1. The third-order valence-corrected chi connectivity index (χ3v) is 6.06. The predicted molar refractivity (Wildman–Crippen MR) is 145 cm³/mol. The Morgan fingerprint density at radius 3 is 2.00 bits per heavy atom. The number of esters is 1. The highest BCUT2D eigenvalue weighted by Crippen LogP contribution is 2.25. The largest absolute Gasteiger partial charge is 0.426 e. The first kappa shape index (κ1) is 31.8. The molecule has 3 unspecified atom stereocenters. The fourth-order valence-electron chi connectivity index (χ4n) is 3.49. The Hall–Kier alpha value is -2.24. The quantitative estimate of drug-likeness (QED) is 0.202. The maximum Gasteiger partial charge on any atom is 0.318 e. The van der Waals surface area contributed by atoms with Crippen molar-refractivity contribution in [3.05, 3.63) is 70.6 Å². The zero-order valence-corrected chi connectivity index (χ0v) is 22.9. The van der Waals surface area contributed by atoms with Crippen LogP contribution in [0.4, 0.5) is 0 Å². The first-order valence-electron chi connectivity index (χ1n) is 11.9.